The van der Waals surface area contributed by atoms with Gasteiger partial charge < -0.3 is 15.1 Å². The number of allylic oxidation sites excluding steroid dienone is 1. The number of aromatic hydroxyl groups is 1. The molecule has 0 aromatic heterocycles. The lowest BCUT2D eigenvalue weighted by atomic mass is 9.51. The number of alkyl halides is 6. The molecule has 1 aromatic rings. The largest absolute Gasteiger partial charge is 0.508 e. The van der Waals surface area contributed by atoms with Crippen molar-refractivity contribution in [3.63, 3.8) is 0 Å². The van der Waals surface area contributed by atoms with E-state index < -0.39 is 35.6 Å². The third kappa shape index (κ3) is 5.83. The van der Waals surface area contributed by atoms with E-state index in [0.29, 0.717) is 25.8 Å². The molecule has 2 saturated carbocycles. The SMILES string of the molecule is CN(C/C=C(\F)C(F)(F)C(F)(F)F)CCCCC[C@@H]1Cc2cc(O)ccc2[C@@H]2[C@@H]1[C@@H]1CC[C@H](O)[C@@]1(C)C[C@@H]2F. The van der Waals surface area contributed by atoms with Gasteiger partial charge in [-0.05, 0) is 105 Å². The van der Waals surface area contributed by atoms with Gasteiger partial charge in [0.25, 0.3) is 0 Å². The molecule has 220 valence electrons. The summed E-state index contributed by atoms with van der Waals surface area (Å²) in [5.74, 6) is -7.65. The fourth-order valence-corrected chi connectivity index (χ4v) is 7.59. The topological polar surface area (TPSA) is 43.7 Å². The van der Waals surface area contributed by atoms with Crippen molar-refractivity contribution >= 4 is 0 Å². The Kier molecular flexibility index (Phi) is 8.68. The molecule has 0 spiro atoms. The van der Waals surface area contributed by atoms with Crippen LogP contribution >= 0.6 is 0 Å². The summed E-state index contributed by atoms with van der Waals surface area (Å²) in [6.45, 7) is 2.04. The summed E-state index contributed by atoms with van der Waals surface area (Å²) >= 11 is 0. The monoisotopic (exact) mass is 565 g/mol. The van der Waals surface area contributed by atoms with Crippen LogP contribution in [0.2, 0.25) is 0 Å². The van der Waals surface area contributed by atoms with Crippen molar-refractivity contribution in [2.75, 3.05) is 20.1 Å². The summed E-state index contributed by atoms with van der Waals surface area (Å²) in [6, 6.07) is 5.19. The molecule has 2 fully saturated rings. The van der Waals surface area contributed by atoms with Crippen molar-refractivity contribution in [2.24, 2.45) is 23.2 Å². The van der Waals surface area contributed by atoms with Crippen LogP contribution in [-0.2, 0) is 6.42 Å². The smallest absolute Gasteiger partial charge is 0.460 e. The summed E-state index contributed by atoms with van der Waals surface area (Å²) in [4.78, 5) is 1.49. The van der Waals surface area contributed by atoms with Crippen LogP contribution in [-0.4, -0.2) is 59.6 Å². The Hall–Kier alpha value is -1.81. The zero-order valence-electron chi connectivity index (χ0n) is 22.3. The summed E-state index contributed by atoms with van der Waals surface area (Å²) in [6.07, 6.45) is -1.69. The average Bonchev–Trinajstić information content (AvgIpc) is 3.14. The van der Waals surface area contributed by atoms with Gasteiger partial charge in [-0.25, -0.2) is 8.78 Å². The predicted molar refractivity (Wildman–Crippen MR) is 134 cm³/mol. The van der Waals surface area contributed by atoms with E-state index in [4.69, 9.17) is 0 Å². The van der Waals surface area contributed by atoms with Crippen molar-refractivity contribution in [1.29, 1.82) is 0 Å². The molecule has 10 heteroatoms. The van der Waals surface area contributed by atoms with Crippen molar-refractivity contribution in [1.82, 2.24) is 4.90 Å². The Balaban J connectivity index is 1.36. The van der Waals surface area contributed by atoms with E-state index in [-0.39, 0.29) is 42.0 Å². The maximum atomic E-state index is 15.8. The van der Waals surface area contributed by atoms with E-state index in [0.717, 1.165) is 43.2 Å². The van der Waals surface area contributed by atoms with Gasteiger partial charge in [0.2, 0.25) is 0 Å². The molecule has 3 aliphatic carbocycles. The fraction of sp³-hybridized carbons (Fsp3) is 0.724. The average molecular weight is 566 g/mol. The van der Waals surface area contributed by atoms with Crippen LogP contribution < -0.4 is 0 Å². The quantitative estimate of drug-likeness (QED) is 0.244. The Morgan fingerprint density at radius 1 is 1.13 bits per heavy atom. The lowest BCUT2D eigenvalue weighted by molar-refractivity contribution is -0.270. The van der Waals surface area contributed by atoms with Gasteiger partial charge in [-0.1, -0.05) is 25.8 Å². The minimum absolute atomic E-state index is 0.0824. The molecule has 0 amide bonds. The molecular weight excluding hydrogens is 527 g/mol. The van der Waals surface area contributed by atoms with E-state index in [1.165, 1.54) is 11.9 Å². The normalized spacial score (nSPS) is 33.2. The number of benzene rings is 1. The molecule has 2 N–H and O–H groups in total. The van der Waals surface area contributed by atoms with E-state index in [2.05, 4.69) is 0 Å². The van der Waals surface area contributed by atoms with Crippen LogP contribution in [0, 0.1) is 23.2 Å². The highest BCUT2D eigenvalue weighted by atomic mass is 19.4. The number of hydrogen-bond acceptors (Lipinski definition) is 3. The molecule has 3 nitrogen and oxygen atoms in total. The molecular formula is C29H38F7NO2. The maximum Gasteiger partial charge on any atom is 0.460 e. The second kappa shape index (κ2) is 11.2. The van der Waals surface area contributed by atoms with E-state index in [1.807, 2.05) is 13.0 Å². The number of unbranched alkanes of at least 4 members (excludes halogenated alkanes) is 2. The number of rotatable bonds is 9. The van der Waals surface area contributed by atoms with Crippen molar-refractivity contribution in [3.05, 3.63) is 41.2 Å². The van der Waals surface area contributed by atoms with Crippen LogP contribution in [0.4, 0.5) is 30.7 Å². The Morgan fingerprint density at radius 2 is 1.85 bits per heavy atom. The van der Waals surface area contributed by atoms with Crippen molar-refractivity contribution in [2.45, 2.75) is 88.6 Å². The second-order valence-electron chi connectivity index (χ2n) is 12.1. The number of hydrogen-bond donors (Lipinski definition) is 2. The molecule has 0 radical (unpaired) electrons. The first kappa shape index (κ1) is 30.2. The van der Waals surface area contributed by atoms with Crippen LogP contribution in [0.3, 0.4) is 0 Å². The van der Waals surface area contributed by atoms with Gasteiger partial charge in [0.05, 0.1) is 6.10 Å². The Labute approximate surface area is 225 Å². The van der Waals surface area contributed by atoms with Gasteiger partial charge in [-0.2, -0.15) is 22.0 Å². The van der Waals surface area contributed by atoms with E-state index >= 15 is 4.39 Å². The number of nitrogens with zero attached hydrogens (tertiary/aromatic N) is 1. The minimum Gasteiger partial charge on any atom is -0.508 e. The van der Waals surface area contributed by atoms with E-state index in [1.54, 1.807) is 12.1 Å². The summed E-state index contributed by atoms with van der Waals surface area (Å²) < 4.78 is 92.2. The van der Waals surface area contributed by atoms with Gasteiger partial charge in [0.1, 0.15) is 11.9 Å². The number of phenolic OH excluding ortho intramolecular Hbond substituents is 1. The van der Waals surface area contributed by atoms with Crippen molar-refractivity contribution < 1.29 is 40.9 Å². The summed E-state index contributed by atoms with van der Waals surface area (Å²) in [5, 5.41) is 20.8. The molecule has 0 unspecified atom stereocenters. The first-order valence-electron chi connectivity index (χ1n) is 13.8. The van der Waals surface area contributed by atoms with Crippen LogP contribution in [0.1, 0.15) is 68.9 Å². The molecule has 0 heterocycles. The zero-order chi connectivity index (χ0) is 28.8. The molecule has 0 bridgehead atoms. The number of fused-ring (bicyclic) bond motifs is 5. The third-order valence-electron chi connectivity index (χ3n) is 9.63. The molecule has 7 atom stereocenters. The molecule has 39 heavy (non-hydrogen) atoms. The summed E-state index contributed by atoms with van der Waals surface area (Å²) in [7, 11) is 1.53. The molecule has 1 aromatic carbocycles. The zero-order valence-corrected chi connectivity index (χ0v) is 22.3. The molecule has 0 saturated heterocycles. The minimum atomic E-state index is -5.97. The second-order valence-corrected chi connectivity index (χ2v) is 12.1. The lowest BCUT2D eigenvalue weighted by Crippen LogP contribution is -2.51. The third-order valence-corrected chi connectivity index (χ3v) is 9.63. The van der Waals surface area contributed by atoms with Gasteiger partial charge in [0, 0.05) is 12.5 Å². The predicted octanol–water partition coefficient (Wildman–Crippen LogP) is 7.33. The highest BCUT2D eigenvalue weighted by molar-refractivity contribution is 5.41. The number of likely N-dealkylation sites (N-methyl/N-ethyl adjacent to an activating group) is 1. The first-order valence-corrected chi connectivity index (χ1v) is 13.8. The number of aliphatic hydroxyl groups excluding tert-OH is 1. The van der Waals surface area contributed by atoms with Crippen molar-refractivity contribution in [3.8, 4) is 5.75 Å². The first-order chi connectivity index (χ1) is 18.2. The van der Waals surface area contributed by atoms with Gasteiger partial charge in [-0.3, -0.25) is 0 Å². The van der Waals surface area contributed by atoms with Gasteiger partial charge in [0.15, 0.2) is 5.83 Å². The highest BCUT2D eigenvalue weighted by Crippen LogP contribution is 2.63. The fourth-order valence-electron chi connectivity index (χ4n) is 7.59. The van der Waals surface area contributed by atoms with Crippen LogP contribution in [0.5, 0.6) is 5.75 Å². The summed E-state index contributed by atoms with van der Waals surface area (Å²) in [5.41, 5.74) is 1.47. The Morgan fingerprint density at radius 3 is 2.54 bits per heavy atom. The molecule has 4 rings (SSSR count). The maximum absolute atomic E-state index is 15.8. The Bertz CT molecular complexity index is 1040. The van der Waals surface area contributed by atoms with Crippen LogP contribution in [0.15, 0.2) is 30.1 Å². The van der Waals surface area contributed by atoms with E-state index in [9.17, 15) is 36.6 Å². The number of phenols is 1. The molecule has 0 aliphatic heterocycles. The standard InChI is InChI=1S/C29H38F7NO2/c1-27-16-22(30)26-20-8-7-19(38)15-18(20)14-17(25(26)21(27)9-10-24(27)39)6-4-3-5-12-37(2)13-11-23(31)28(32,33)29(34,35)36/h7-8,11,15,17,21-22,24-26,38-39H,3-6,9-10,12-14,16H2,1-2H3/b23-11-/t17-,21+,22+,24+,25+,26+,27+/m1/s1. The highest BCUT2D eigenvalue weighted by Gasteiger charge is 2.61. The number of halogens is 7. The van der Waals surface area contributed by atoms with Crippen LogP contribution in [0.25, 0.3) is 0 Å². The van der Waals surface area contributed by atoms with Gasteiger partial charge >= 0.3 is 12.1 Å². The molecule has 3 aliphatic rings. The number of aliphatic hydroxyl groups is 1. The van der Waals surface area contributed by atoms with Gasteiger partial charge in [-0.15, -0.1) is 0 Å². The lowest BCUT2D eigenvalue weighted by Gasteiger charge is -2.54.